The van der Waals surface area contributed by atoms with Gasteiger partial charge in [-0.05, 0) is 29.8 Å². The lowest BCUT2D eigenvalue weighted by Crippen LogP contribution is -2.11. The molecule has 0 atom stereocenters. The van der Waals surface area contributed by atoms with Gasteiger partial charge in [-0.25, -0.2) is 4.98 Å². The molecular formula is C17H10BrN3O. The Balaban J connectivity index is 2.17. The molecular weight excluding hydrogens is 342 g/mol. The van der Waals surface area contributed by atoms with Crippen LogP contribution in [0.4, 0.5) is 0 Å². The zero-order valence-electron chi connectivity index (χ0n) is 11.4. The molecule has 1 heterocycles. The van der Waals surface area contributed by atoms with E-state index in [1.54, 1.807) is 18.2 Å². The van der Waals surface area contributed by atoms with Crippen LogP contribution in [0.2, 0.25) is 0 Å². The molecule has 0 spiro atoms. The second-order valence-corrected chi connectivity index (χ2v) is 5.57. The van der Waals surface area contributed by atoms with Gasteiger partial charge in [-0.1, -0.05) is 46.3 Å². The average molecular weight is 352 g/mol. The van der Waals surface area contributed by atoms with Crippen molar-refractivity contribution in [2.45, 2.75) is 0 Å². The Morgan fingerprint density at radius 1 is 1.23 bits per heavy atom. The molecule has 0 unspecified atom stereocenters. The monoisotopic (exact) mass is 351 g/mol. The summed E-state index contributed by atoms with van der Waals surface area (Å²) >= 11 is 3.33. The number of hydrogen-bond donors (Lipinski definition) is 1. The van der Waals surface area contributed by atoms with Crippen LogP contribution in [-0.4, -0.2) is 9.97 Å². The Labute approximate surface area is 134 Å². The Kier molecular flexibility index (Phi) is 3.86. The molecule has 106 valence electrons. The van der Waals surface area contributed by atoms with Gasteiger partial charge < -0.3 is 4.98 Å². The Morgan fingerprint density at radius 2 is 2.00 bits per heavy atom. The van der Waals surface area contributed by atoms with E-state index in [0.717, 1.165) is 10.0 Å². The van der Waals surface area contributed by atoms with E-state index < -0.39 is 0 Å². The van der Waals surface area contributed by atoms with Gasteiger partial charge in [-0.3, -0.25) is 4.79 Å². The highest BCUT2D eigenvalue weighted by Crippen LogP contribution is 2.18. The number of nitriles is 1. The third-order valence-corrected chi connectivity index (χ3v) is 3.65. The van der Waals surface area contributed by atoms with Crippen molar-refractivity contribution in [1.29, 1.82) is 5.26 Å². The lowest BCUT2D eigenvalue weighted by molar-refractivity contribution is 1.13. The number of fused-ring (bicyclic) bond motifs is 1. The van der Waals surface area contributed by atoms with Gasteiger partial charge >= 0.3 is 0 Å². The molecule has 22 heavy (non-hydrogen) atoms. The highest BCUT2D eigenvalue weighted by Gasteiger charge is 2.08. The third kappa shape index (κ3) is 2.83. The number of halogens is 1. The SMILES string of the molecule is N#C/C(=C\c1ccccc1)c1nc2ccc(Br)cc2c(=O)[nH]1. The first-order valence-electron chi connectivity index (χ1n) is 6.54. The molecule has 0 bridgehead atoms. The fraction of sp³-hybridized carbons (Fsp3) is 0. The molecule has 0 aliphatic carbocycles. The zero-order valence-corrected chi connectivity index (χ0v) is 13.0. The standard InChI is InChI=1S/C17H10BrN3O/c18-13-6-7-15-14(9-13)17(22)21-16(20-15)12(10-19)8-11-4-2-1-3-5-11/h1-9H,(H,20,21,22)/b12-8+. The summed E-state index contributed by atoms with van der Waals surface area (Å²) in [7, 11) is 0. The van der Waals surface area contributed by atoms with Crippen LogP contribution in [0.15, 0.2) is 57.8 Å². The van der Waals surface area contributed by atoms with Crippen molar-refractivity contribution in [3.63, 3.8) is 0 Å². The van der Waals surface area contributed by atoms with Crippen LogP contribution < -0.4 is 5.56 Å². The number of aromatic nitrogens is 2. The van der Waals surface area contributed by atoms with Crippen molar-refractivity contribution < 1.29 is 0 Å². The number of benzene rings is 2. The number of rotatable bonds is 2. The summed E-state index contributed by atoms with van der Waals surface area (Å²) in [6, 6.07) is 16.8. The van der Waals surface area contributed by atoms with E-state index in [0.29, 0.717) is 16.5 Å². The van der Waals surface area contributed by atoms with Gasteiger partial charge in [0.15, 0.2) is 5.82 Å². The highest BCUT2D eigenvalue weighted by atomic mass is 79.9. The lowest BCUT2D eigenvalue weighted by atomic mass is 10.1. The van der Waals surface area contributed by atoms with Crippen LogP contribution in [-0.2, 0) is 0 Å². The Bertz CT molecular complexity index is 969. The van der Waals surface area contributed by atoms with Crippen molar-refractivity contribution in [3.8, 4) is 6.07 Å². The molecule has 0 amide bonds. The summed E-state index contributed by atoms with van der Waals surface area (Å²) in [5, 5.41) is 9.84. The van der Waals surface area contributed by atoms with E-state index >= 15 is 0 Å². The molecule has 1 aromatic heterocycles. The van der Waals surface area contributed by atoms with E-state index in [1.807, 2.05) is 36.4 Å². The quantitative estimate of drug-likeness (QED) is 0.714. The van der Waals surface area contributed by atoms with E-state index in [9.17, 15) is 10.1 Å². The van der Waals surface area contributed by atoms with Crippen LogP contribution in [0, 0.1) is 11.3 Å². The van der Waals surface area contributed by atoms with Crippen LogP contribution in [0.25, 0.3) is 22.6 Å². The zero-order chi connectivity index (χ0) is 15.5. The van der Waals surface area contributed by atoms with Crippen molar-refractivity contribution in [2.24, 2.45) is 0 Å². The van der Waals surface area contributed by atoms with Crippen molar-refractivity contribution in [3.05, 3.63) is 74.7 Å². The topological polar surface area (TPSA) is 69.5 Å². The first-order chi connectivity index (χ1) is 10.7. The molecule has 0 aliphatic rings. The van der Waals surface area contributed by atoms with E-state index in [2.05, 4.69) is 32.0 Å². The van der Waals surface area contributed by atoms with E-state index in [4.69, 9.17) is 0 Å². The summed E-state index contributed by atoms with van der Waals surface area (Å²) in [5.74, 6) is 0.270. The minimum absolute atomic E-state index is 0.268. The summed E-state index contributed by atoms with van der Waals surface area (Å²) in [4.78, 5) is 19.2. The van der Waals surface area contributed by atoms with Crippen molar-refractivity contribution >= 4 is 38.5 Å². The van der Waals surface area contributed by atoms with Crippen LogP contribution >= 0.6 is 15.9 Å². The molecule has 3 rings (SSSR count). The van der Waals surface area contributed by atoms with Gasteiger partial charge in [0.25, 0.3) is 5.56 Å². The summed E-state index contributed by atoms with van der Waals surface area (Å²) in [6.07, 6.45) is 1.70. The number of hydrogen-bond acceptors (Lipinski definition) is 3. The van der Waals surface area contributed by atoms with Gasteiger partial charge in [0.05, 0.1) is 16.5 Å². The Morgan fingerprint density at radius 3 is 2.73 bits per heavy atom. The van der Waals surface area contributed by atoms with Gasteiger partial charge in [-0.2, -0.15) is 5.26 Å². The first kappa shape index (κ1) is 14.2. The van der Waals surface area contributed by atoms with Crippen LogP contribution in [0.3, 0.4) is 0 Å². The van der Waals surface area contributed by atoms with E-state index in [-0.39, 0.29) is 11.4 Å². The average Bonchev–Trinajstić information content (AvgIpc) is 2.54. The molecule has 5 heteroatoms. The van der Waals surface area contributed by atoms with Crippen molar-refractivity contribution in [2.75, 3.05) is 0 Å². The molecule has 0 radical (unpaired) electrons. The second-order valence-electron chi connectivity index (χ2n) is 4.66. The fourth-order valence-corrected chi connectivity index (χ4v) is 2.47. The smallest absolute Gasteiger partial charge is 0.259 e. The van der Waals surface area contributed by atoms with Gasteiger partial charge in [0.2, 0.25) is 0 Å². The molecule has 2 aromatic carbocycles. The number of H-pyrrole nitrogens is 1. The summed E-state index contributed by atoms with van der Waals surface area (Å²) in [5.41, 5.74) is 1.47. The predicted molar refractivity (Wildman–Crippen MR) is 90.0 cm³/mol. The maximum absolute atomic E-state index is 12.2. The summed E-state index contributed by atoms with van der Waals surface area (Å²) in [6.45, 7) is 0. The second kappa shape index (κ2) is 5.96. The molecule has 0 saturated carbocycles. The van der Waals surface area contributed by atoms with Gasteiger partial charge in [0.1, 0.15) is 6.07 Å². The predicted octanol–water partition coefficient (Wildman–Crippen LogP) is 3.75. The minimum atomic E-state index is -0.268. The van der Waals surface area contributed by atoms with Crippen molar-refractivity contribution in [1.82, 2.24) is 9.97 Å². The molecule has 0 fully saturated rings. The summed E-state index contributed by atoms with van der Waals surface area (Å²) < 4.78 is 0.806. The first-order valence-corrected chi connectivity index (χ1v) is 7.33. The maximum Gasteiger partial charge on any atom is 0.259 e. The molecule has 4 nitrogen and oxygen atoms in total. The number of nitrogens with one attached hydrogen (secondary N) is 1. The lowest BCUT2D eigenvalue weighted by Gasteiger charge is -2.02. The van der Waals surface area contributed by atoms with Crippen LogP contribution in [0.1, 0.15) is 11.4 Å². The van der Waals surface area contributed by atoms with Gasteiger partial charge in [0, 0.05) is 4.47 Å². The normalized spacial score (nSPS) is 11.4. The number of allylic oxidation sites excluding steroid dienone is 1. The van der Waals surface area contributed by atoms with E-state index in [1.165, 1.54) is 0 Å². The van der Waals surface area contributed by atoms with Gasteiger partial charge in [-0.15, -0.1) is 0 Å². The fourth-order valence-electron chi connectivity index (χ4n) is 2.11. The molecule has 0 aliphatic heterocycles. The highest BCUT2D eigenvalue weighted by molar-refractivity contribution is 9.10. The maximum atomic E-state index is 12.2. The largest absolute Gasteiger partial charge is 0.305 e. The minimum Gasteiger partial charge on any atom is -0.305 e. The number of nitrogens with zero attached hydrogens (tertiary/aromatic N) is 2. The molecule has 0 saturated heterocycles. The molecule has 1 N–H and O–H groups in total. The Hall–Kier alpha value is -2.71. The third-order valence-electron chi connectivity index (χ3n) is 3.15. The molecule has 3 aromatic rings. The number of aromatic amines is 1. The van der Waals surface area contributed by atoms with Crippen LogP contribution in [0.5, 0.6) is 0 Å².